The molecule has 23 heavy (non-hydrogen) atoms. The number of H-pyrrole nitrogens is 1. The van der Waals surface area contributed by atoms with Gasteiger partial charge in [0, 0.05) is 32.4 Å². The van der Waals surface area contributed by atoms with Crippen LogP contribution in [0.5, 0.6) is 0 Å². The SMILES string of the molecule is O=C(c1ccc[nH]1)N1CCCN(C(=O)C2CC3CCC2O3)CC1. The highest BCUT2D eigenvalue weighted by Gasteiger charge is 2.45. The lowest BCUT2D eigenvalue weighted by molar-refractivity contribution is -0.137. The van der Waals surface area contributed by atoms with Crippen molar-refractivity contribution in [2.24, 2.45) is 5.92 Å². The summed E-state index contributed by atoms with van der Waals surface area (Å²) in [6, 6.07) is 3.62. The van der Waals surface area contributed by atoms with E-state index in [0.717, 1.165) is 32.2 Å². The summed E-state index contributed by atoms with van der Waals surface area (Å²) in [7, 11) is 0. The molecule has 6 heteroatoms. The van der Waals surface area contributed by atoms with E-state index in [1.54, 1.807) is 12.3 Å². The summed E-state index contributed by atoms with van der Waals surface area (Å²) in [5.41, 5.74) is 0.617. The molecule has 1 N–H and O–H groups in total. The Kier molecular flexibility index (Phi) is 3.85. The average Bonchev–Trinajstić information content (AvgIpc) is 3.28. The van der Waals surface area contributed by atoms with Gasteiger partial charge in [0.15, 0.2) is 0 Å². The van der Waals surface area contributed by atoms with Gasteiger partial charge in [0.2, 0.25) is 5.91 Å². The monoisotopic (exact) mass is 317 g/mol. The third-order valence-electron chi connectivity index (χ3n) is 5.35. The first-order chi connectivity index (χ1) is 11.2. The third-order valence-corrected chi connectivity index (χ3v) is 5.35. The molecule has 3 unspecified atom stereocenters. The van der Waals surface area contributed by atoms with Crippen LogP contribution in [0.25, 0.3) is 0 Å². The number of rotatable bonds is 2. The van der Waals surface area contributed by atoms with Crippen LogP contribution in [-0.2, 0) is 9.53 Å². The van der Waals surface area contributed by atoms with E-state index in [-0.39, 0.29) is 23.8 Å². The highest BCUT2D eigenvalue weighted by atomic mass is 16.5. The Morgan fingerprint density at radius 1 is 1.13 bits per heavy atom. The van der Waals surface area contributed by atoms with E-state index in [1.807, 2.05) is 15.9 Å². The molecule has 3 saturated heterocycles. The van der Waals surface area contributed by atoms with Crippen molar-refractivity contribution in [3.05, 3.63) is 24.0 Å². The number of aromatic amines is 1. The van der Waals surface area contributed by atoms with Gasteiger partial charge in [-0.15, -0.1) is 0 Å². The van der Waals surface area contributed by atoms with Gasteiger partial charge in [-0.3, -0.25) is 9.59 Å². The van der Waals surface area contributed by atoms with Crippen molar-refractivity contribution >= 4 is 11.8 Å². The first-order valence-corrected chi connectivity index (χ1v) is 8.59. The molecule has 0 radical (unpaired) electrons. The van der Waals surface area contributed by atoms with Gasteiger partial charge in [-0.2, -0.15) is 0 Å². The smallest absolute Gasteiger partial charge is 0.270 e. The number of aromatic nitrogens is 1. The molecule has 0 spiro atoms. The van der Waals surface area contributed by atoms with E-state index < -0.39 is 0 Å². The van der Waals surface area contributed by atoms with Gasteiger partial charge in [-0.25, -0.2) is 0 Å². The van der Waals surface area contributed by atoms with Gasteiger partial charge in [0.05, 0.1) is 18.1 Å². The number of carbonyl (C=O) groups excluding carboxylic acids is 2. The molecule has 0 aromatic carbocycles. The highest BCUT2D eigenvalue weighted by molar-refractivity contribution is 5.92. The number of fused-ring (bicyclic) bond motifs is 2. The zero-order valence-corrected chi connectivity index (χ0v) is 13.2. The van der Waals surface area contributed by atoms with Crippen LogP contribution in [0.4, 0.5) is 0 Å². The van der Waals surface area contributed by atoms with Gasteiger partial charge in [0.25, 0.3) is 5.91 Å². The fourth-order valence-electron chi connectivity index (χ4n) is 4.11. The van der Waals surface area contributed by atoms with Crippen molar-refractivity contribution in [3.8, 4) is 0 Å². The van der Waals surface area contributed by atoms with Crippen molar-refractivity contribution in [1.82, 2.24) is 14.8 Å². The van der Waals surface area contributed by atoms with Crippen LogP contribution in [0.3, 0.4) is 0 Å². The number of hydrogen-bond acceptors (Lipinski definition) is 3. The normalized spacial score (nSPS) is 30.5. The molecule has 4 rings (SSSR count). The lowest BCUT2D eigenvalue weighted by Crippen LogP contribution is -2.42. The van der Waals surface area contributed by atoms with Gasteiger partial charge in [-0.05, 0) is 37.8 Å². The first kappa shape index (κ1) is 14.8. The van der Waals surface area contributed by atoms with E-state index >= 15 is 0 Å². The second kappa shape index (κ2) is 6.00. The Morgan fingerprint density at radius 3 is 2.65 bits per heavy atom. The van der Waals surface area contributed by atoms with Crippen LogP contribution in [0.15, 0.2) is 18.3 Å². The predicted octanol–water partition coefficient (Wildman–Crippen LogP) is 1.26. The van der Waals surface area contributed by atoms with Crippen LogP contribution in [0.2, 0.25) is 0 Å². The van der Waals surface area contributed by atoms with E-state index in [4.69, 9.17) is 4.74 Å². The molecular formula is C17H23N3O3. The zero-order valence-electron chi connectivity index (χ0n) is 13.2. The molecule has 3 aliphatic rings. The Labute approximate surface area is 135 Å². The minimum Gasteiger partial charge on any atom is -0.374 e. The molecule has 6 nitrogen and oxygen atoms in total. The second-order valence-electron chi connectivity index (χ2n) is 6.77. The predicted molar refractivity (Wildman–Crippen MR) is 83.9 cm³/mol. The van der Waals surface area contributed by atoms with Crippen LogP contribution in [0.1, 0.15) is 36.2 Å². The topological polar surface area (TPSA) is 65.6 Å². The minimum absolute atomic E-state index is 0.0209. The maximum Gasteiger partial charge on any atom is 0.270 e. The third kappa shape index (κ3) is 2.76. The maximum atomic E-state index is 12.8. The summed E-state index contributed by atoms with van der Waals surface area (Å²) in [5, 5.41) is 0. The summed E-state index contributed by atoms with van der Waals surface area (Å²) in [6.45, 7) is 2.67. The van der Waals surface area contributed by atoms with Crippen molar-refractivity contribution in [1.29, 1.82) is 0 Å². The number of nitrogens with one attached hydrogen (secondary N) is 1. The molecule has 3 atom stereocenters. The molecule has 1 aromatic heterocycles. The van der Waals surface area contributed by atoms with Crippen molar-refractivity contribution in [2.75, 3.05) is 26.2 Å². The lowest BCUT2D eigenvalue weighted by Gasteiger charge is -2.27. The van der Waals surface area contributed by atoms with E-state index in [2.05, 4.69) is 4.98 Å². The average molecular weight is 317 g/mol. The zero-order chi connectivity index (χ0) is 15.8. The largest absolute Gasteiger partial charge is 0.374 e. The maximum absolute atomic E-state index is 12.8. The number of nitrogens with zero attached hydrogens (tertiary/aromatic N) is 2. The Hall–Kier alpha value is -1.82. The van der Waals surface area contributed by atoms with Gasteiger partial charge >= 0.3 is 0 Å². The molecule has 2 amide bonds. The minimum atomic E-state index is 0.0209. The van der Waals surface area contributed by atoms with Crippen molar-refractivity contribution in [2.45, 2.75) is 37.9 Å². The van der Waals surface area contributed by atoms with Gasteiger partial charge in [0.1, 0.15) is 5.69 Å². The molecule has 0 saturated carbocycles. The number of hydrogen-bond donors (Lipinski definition) is 1. The standard InChI is InChI=1S/C17H23N3O3/c21-16(13-11-12-4-5-15(13)23-12)19-7-2-8-20(10-9-19)17(22)14-3-1-6-18-14/h1,3,6,12-13,15,18H,2,4-5,7-11H2. The molecule has 1 aromatic rings. The summed E-state index contributed by atoms with van der Waals surface area (Å²) < 4.78 is 5.82. The fraction of sp³-hybridized carbons (Fsp3) is 0.647. The molecule has 0 aliphatic carbocycles. The Balaban J connectivity index is 1.37. The molecule has 2 bridgehead atoms. The quantitative estimate of drug-likeness (QED) is 0.893. The highest BCUT2D eigenvalue weighted by Crippen LogP contribution is 2.39. The van der Waals surface area contributed by atoms with Crippen LogP contribution < -0.4 is 0 Å². The van der Waals surface area contributed by atoms with Gasteiger partial charge < -0.3 is 19.5 Å². The fourth-order valence-corrected chi connectivity index (χ4v) is 4.11. The number of ether oxygens (including phenoxy) is 1. The van der Waals surface area contributed by atoms with Crippen molar-refractivity contribution < 1.29 is 14.3 Å². The summed E-state index contributed by atoms with van der Waals surface area (Å²) in [4.78, 5) is 32.0. The molecule has 3 aliphatic heterocycles. The Morgan fingerprint density at radius 2 is 1.96 bits per heavy atom. The number of amides is 2. The summed E-state index contributed by atoms with van der Waals surface area (Å²) in [6.07, 6.45) is 6.03. The molecule has 124 valence electrons. The summed E-state index contributed by atoms with van der Waals surface area (Å²) in [5.74, 6) is 0.290. The Bertz CT molecular complexity index is 586. The van der Waals surface area contributed by atoms with Crippen molar-refractivity contribution in [3.63, 3.8) is 0 Å². The summed E-state index contributed by atoms with van der Waals surface area (Å²) >= 11 is 0. The van der Waals surface area contributed by atoms with Crippen LogP contribution >= 0.6 is 0 Å². The molecular weight excluding hydrogens is 294 g/mol. The molecule has 3 fully saturated rings. The van der Waals surface area contributed by atoms with E-state index in [0.29, 0.717) is 31.4 Å². The first-order valence-electron chi connectivity index (χ1n) is 8.59. The van der Waals surface area contributed by atoms with Crippen LogP contribution in [-0.4, -0.2) is 65.0 Å². The molecule has 4 heterocycles. The number of carbonyl (C=O) groups is 2. The van der Waals surface area contributed by atoms with Crippen LogP contribution in [0, 0.1) is 5.92 Å². The van der Waals surface area contributed by atoms with E-state index in [9.17, 15) is 9.59 Å². The second-order valence-corrected chi connectivity index (χ2v) is 6.77. The van der Waals surface area contributed by atoms with E-state index in [1.165, 1.54) is 0 Å². The lowest BCUT2D eigenvalue weighted by atomic mass is 9.88. The van der Waals surface area contributed by atoms with Gasteiger partial charge in [-0.1, -0.05) is 0 Å².